The molecule has 0 bridgehead atoms. The number of allylic oxidation sites excluding steroid dienone is 5. The topological polar surface area (TPSA) is 219 Å². The van der Waals surface area contributed by atoms with Gasteiger partial charge >= 0.3 is 12.2 Å². The van der Waals surface area contributed by atoms with Crippen molar-refractivity contribution in [3.05, 3.63) is 96.1 Å². The molecule has 2 aromatic carbocycles. The first-order chi connectivity index (χ1) is 20.8. The van der Waals surface area contributed by atoms with Gasteiger partial charge in [0.1, 0.15) is 14.6 Å². The number of Topliss-reactive ketones (excluding diaryl/α,β-unsaturated/α-hetero) is 1. The van der Waals surface area contributed by atoms with E-state index < -0.39 is 17.7 Å². The van der Waals surface area contributed by atoms with E-state index in [0.717, 1.165) is 22.4 Å². The molecule has 1 aliphatic carbocycles. The van der Waals surface area contributed by atoms with Crippen LogP contribution in [0.5, 0.6) is 0 Å². The normalized spacial score (nSPS) is 12.3. The first-order valence-electron chi connectivity index (χ1n) is 13.9. The fourth-order valence-electron chi connectivity index (χ4n) is 3.24. The summed E-state index contributed by atoms with van der Waals surface area (Å²) in [5.74, 6) is 0.102. The SMILES string of the molecule is C=C1C=CC(=N)C=C1.[2H]N.[2H]NC(=O)OCc1ccc(N)cc1.[2H]NC(=O)OCc1ccc(NC(C)(C)C(=O)C(C)C)cc1. The third kappa shape index (κ3) is 15.3. The number of ether oxygens (including phenoxy) is 2. The van der Waals surface area contributed by atoms with Crippen molar-refractivity contribution in [1.82, 2.24) is 6.14 Å². The van der Waals surface area contributed by atoms with Gasteiger partial charge in [-0.2, -0.15) is 0 Å². The highest BCUT2D eigenvalue weighted by molar-refractivity contribution is 6.03. The van der Waals surface area contributed by atoms with E-state index in [1.165, 1.54) is 0 Å². The molecule has 3 rings (SSSR count). The van der Waals surface area contributed by atoms with E-state index in [1.54, 1.807) is 60.0 Å². The Bertz CT molecular complexity index is 1240. The molecule has 0 saturated heterocycles. The van der Waals surface area contributed by atoms with Crippen molar-refractivity contribution in [2.24, 2.45) is 17.4 Å². The minimum atomic E-state index is -0.791. The van der Waals surface area contributed by atoms with Crippen molar-refractivity contribution in [3.8, 4) is 0 Å². The van der Waals surface area contributed by atoms with Gasteiger partial charge in [0, 0.05) is 17.3 Å². The maximum absolute atomic E-state index is 12.1. The highest BCUT2D eigenvalue weighted by atomic mass is 16.5. The highest BCUT2D eigenvalue weighted by Gasteiger charge is 2.29. The van der Waals surface area contributed by atoms with Crippen LogP contribution in [0, 0.1) is 11.3 Å². The molecule has 0 heterocycles. The smallest absolute Gasteiger partial charge is 0.404 e. The summed E-state index contributed by atoms with van der Waals surface area (Å²) in [6, 6.07) is 14.2. The lowest BCUT2D eigenvalue weighted by Crippen LogP contribution is -2.42. The number of nitrogen functional groups attached to an aromatic ring is 1. The number of nitrogens with two attached hydrogens (primary N) is 3. The van der Waals surface area contributed by atoms with Crippen LogP contribution in [0.1, 0.15) is 38.8 Å². The summed E-state index contributed by atoms with van der Waals surface area (Å²) in [6.45, 7) is 11.4. The quantitative estimate of drug-likeness (QED) is 0.225. The number of carbonyl (C=O) groups excluding carboxylic acids is 3. The zero-order chi connectivity index (χ0) is 33.7. The second-order valence-corrected chi connectivity index (χ2v) is 9.56. The minimum absolute atomic E-state index is 0.0384. The van der Waals surface area contributed by atoms with E-state index in [1.807, 2.05) is 52.0 Å². The average molecular weight is 570 g/mol. The van der Waals surface area contributed by atoms with Crippen LogP contribution in [0.2, 0.25) is 4.24 Å². The fourth-order valence-corrected chi connectivity index (χ4v) is 3.24. The summed E-state index contributed by atoms with van der Waals surface area (Å²) < 4.78 is 27.7. The largest absolute Gasteiger partial charge is 0.445 e. The average Bonchev–Trinajstić information content (AvgIpc) is 3.02. The van der Waals surface area contributed by atoms with E-state index in [-0.39, 0.29) is 24.9 Å². The maximum Gasteiger partial charge on any atom is 0.404 e. The van der Waals surface area contributed by atoms with Crippen molar-refractivity contribution >= 4 is 35.1 Å². The van der Waals surface area contributed by atoms with Gasteiger partial charge in [-0.15, -0.1) is 0 Å². The molecule has 0 unspecified atom stereocenters. The van der Waals surface area contributed by atoms with Gasteiger partial charge in [0.15, 0.2) is 8.61 Å². The van der Waals surface area contributed by atoms with Gasteiger partial charge in [-0.3, -0.25) is 4.79 Å². The number of ketones is 1. The van der Waals surface area contributed by atoms with Crippen LogP contribution < -0.4 is 28.6 Å². The molecule has 0 radical (unpaired) electrons. The molecular formula is C30H42N6O5. The zero-order valence-corrected chi connectivity index (χ0v) is 23.8. The number of amides is 2. The molecule has 11 nitrogen and oxygen atoms in total. The third-order valence-electron chi connectivity index (χ3n) is 5.22. The molecule has 0 atom stereocenters. The molecule has 0 fully saturated rings. The second-order valence-electron chi connectivity index (χ2n) is 9.56. The first-order valence-corrected chi connectivity index (χ1v) is 12.4. The molecule has 2 amide bonds. The molecule has 0 saturated carbocycles. The lowest BCUT2D eigenvalue weighted by molar-refractivity contribution is -0.125. The minimum Gasteiger partial charge on any atom is -0.445 e. The van der Waals surface area contributed by atoms with Crippen LogP contribution in [0.15, 0.2) is 85.0 Å². The number of primary amides is 2. The number of anilines is 2. The Morgan fingerprint density at radius 1 is 0.927 bits per heavy atom. The third-order valence-corrected chi connectivity index (χ3v) is 5.22. The Labute approximate surface area is 245 Å². The number of hydrogen-bond donors (Lipinski definition) is 6. The van der Waals surface area contributed by atoms with Gasteiger partial charge in [0.25, 0.3) is 0 Å². The second kappa shape index (κ2) is 17.6. The van der Waals surface area contributed by atoms with Crippen LogP contribution in [0.25, 0.3) is 0 Å². The van der Waals surface area contributed by atoms with Gasteiger partial charge < -0.3 is 43.5 Å². The Balaban J connectivity index is 0.000000679. The van der Waals surface area contributed by atoms with Crippen molar-refractivity contribution in [1.29, 1.82) is 5.41 Å². The molecule has 0 spiro atoms. The van der Waals surface area contributed by atoms with Gasteiger partial charge in [0.05, 0.1) is 11.3 Å². The van der Waals surface area contributed by atoms with Crippen LogP contribution in [-0.2, 0) is 27.5 Å². The molecule has 0 aliphatic heterocycles. The van der Waals surface area contributed by atoms with E-state index >= 15 is 0 Å². The summed E-state index contributed by atoms with van der Waals surface area (Å²) >= 11 is 0. The molecule has 2 aromatic rings. The molecule has 11 heteroatoms. The van der Waals surface area contributed by atoms with Crippen molar-refractivity contribution < 1.29 is 28.1 Å². The molecule has 222 valence electrons. The van der Waals surface area contributed by atoms with Gasteiger partial charge in [0.2, 0.25) is 0 Å². The molecule has 41 heavy (non-hydrogen) atoms. The fraction of sp³-hybridized carbons (Fsp3) is 0.267. The predicted octanol–water partition coefficient (Wildman–Crippen LogP) is 5.41. The lowest BCUT2D eigenvalue weighted by Gasteiger charge is -2.28. The van der Waals surface area contributed by atoms with Crippen molar-refractivity contribution in [3.63, 3.8) is 0 Å². The summed E-state index contributed by atoms with van der Waals surface area (Å²) in [5, 5.41) is 10.3. The van der Waals surface area contributed by atoms with Gasteiger partial charge in [-0.1, -0.05) is 56.8 Å². The Morgan fingerprint density at radius 2 is 1.37 bits per heavy atom. The van der Waals surface area contributed by atoms with Crippen molar-refractivity contribution in [2.45, 2.75) is 46.4 Å². The monoisotopic (exact) mass is 569 g/mol. The summed E-state index contributed by atoms with van der Waals surface area (Å²) in [6.07, 6.45) is 9.28. The van der Waals surface area contributed by atoms with Gasteiger partial charge in [-0.25, -0.2) is 9.59 Å². The standard InChI is InChI=1S/C15H22N2O3.C8H10N2O2.C7H7N.H3N/c1-10(2)13(18)15(3,4)17-12-7-5-11(6-8-12)9-20-14(16)19;9-7-3-1-6(2-4-7)5-12-8(10)11;1-6-2-4-7(8)5-3-6;/h5-8,10,17H,9H2,1-4H3,(H2,16,19);1-4H,5,9H2,(H2,10,11);2-5,8H,1H2;1H3/i/hD3. The molecular weight excluding hydrogens is 524 g/mol. The Morgan fingerprint density at radius 3 is 1.76 bits per heavy atom. The van der Waals surface area contributed by atoms with Crippen LogP contribution in [0.4, 0.5) is 21.0 Å². The molecule has 11 N–H and O–H groups in total. The number of benzene rings is 2. The van der Waals surface area contributed by atoms with Crippen molar-refractivity contribution in [2.75, 3.05) is 11.1 Å². The Kier molecular flexibility index (Phi) is 13.2. The van der Waals surface area contributed by atoms with Crippen LogP contribution in [-0.4, -0.2) is 29.2 Å². The summed E-state index contributed by atoms with van der Waals surface area (Å²) in [5.41, 5.74) is 12.7. The van der Waals surface area contributed by atoms with E-state index in [4.69, 9.17) is 20.1 Å². The highest BCUT2D eigenvalue weighted by Crippen LogP contribution is 2.20. The van der Waals surface area contributed by atoms with E-state index in [2.05, 4.69) is 22.8 Å². The van der Waals surface area contributed by atoms with Gasteiger partial charge in [-0.05, 0) is 67.0 Å². The summed E-state index contributed by atoms with van der Waals surface area (Å²) in [4.78, 5) is 33.4. The zero-order valence-electron chi connectivity index (χ0n) is 26.8. The van der Waals surface area contributed by atoms with E-state index in [9.17, 15) is 14.4 Å². The van der Waals surface area contributed by atoms with E-state index in [0.29, 0.717) is 11.4 Å². The predicted molar refractivity (Wildman–Crippen MR) is 164 cm³/mol. The number of carbonyl (C=O) groups is 3. The first kappa shape index (κ1) is 30.6. The maximum atomic E-state index is 12.1. The molecule has 1 aliphatic rings. The summed E-state index contributed by atoms with van der Waals surface area (Å²) in [7, 11) is 0. The van der Waals surface area contributed by atoms with Crippen LogP contribution in [0.3, 0.4) is 0 Å². The number of hydrogen-bond acceptors (Lipinski definition) is 9. The lowest BCUT2D eigenvalue weighted by atomic mass is 9.90. The Hall–Kier alpha value is -4.90. The van der Waals surface area contributed by atoms with Crippen LogP contribution >= 0.6 is 0 Å². The number of rotatable bonds is 8. The number of nitrogens with one attached hydrogen (secondary N) is 2. The molecule has 0 aromatic heterocycles.